The second-order valence-corrected chi connectivity index (χ2v) is 5.47. The Kier molecular flexibility index (Phi) is 39.8. The third-order valence-electron chi connectivity index (χ3n) is 2.06. The Balaban J connectivity index is -0.000000124. The molecule has 0 saturated heterocycles. The molecule has 4 radical (unpaired) electrons. The van der Waals surface area contributed by atoms with Gasteiger partial charge in [-0.05, 0) is 37.2 Å². The summed E-state index contributed by atoms with van der Waals surface area (Å²) in [5.41, 5.74) is 0. The maximum absolute atomic E-state index is 9.84. The molecule has 0 aromatic heterocycles. The first-order valence-electron chi connectivity index (χ1n) is 7.49. The number of hydrogen-bond acceptors (Lipinski definition) is 5. The van der Waals surface area contributed by atoms with Crippen molar-refractivity contribution in [2.45, 2.75) is 66.2 Å². The van der Waals surface area contributed by atoms with Gasteiger partial charge in [0, 0.05) is 11.9 Å². The predicted octanol–water partition coefficient (Wildman–Crippen LogP) is 1.64. The number of thioether (sulfide) groups is 1. The molecule has 0 aromatic rings. The van der Waals surface area contributed by atoms with E-state index in [1.807, 2.05) is 0 Å². The minimum atomic E-state index is -1.11. The molecule has 0 bridgehead atoms. The van der Waals surface area contributed by atoms with E-state index in [1.54, 1.807) is 0 Å². The third kappa shape index (κ3) is 50.1. The van der Waals surface area contributed by atoms with Crippen LogP contribution in [0.2, 0.25) is 0 Å². The van der Waals surface area contributed by atoms with Gasteiger partial charge in [0.2, 0.25) is 0 Å². The summed E-state index contributed by atoms with van der Waals surface area (Å²) in [5.74, 6) is -1.41. The van der Waals surface area contributed by atoms with E-state index in [0.717, 1.165) is 0 Å². The summed E-state index contributed by atoms with van der Waals surface area (Å²) in [7, 11) is 0. The largest absolute Gasteiger partial charge is 2.00 e. The van der Waals surface area contributed by atoms with Crippen molar-refractivity contribution in [1.82, 2.24) is 0 Å². The van der Waals surface area contributed by atoms with Crippen molar-refractivity contribution in [3.05, 3.63) is 12.8 Å². The molecule has 0 saturated carbocycles. The number of aliphatic carboxylic acids is 2. The molecule has 0 aliphatic rings. The van der Waals surface area contributed by atoms with Crippen LogP contribution in [0.3, 0.4) is 0 Å². The Hall–Kier alpha value is 0.0887. The van der Waals surface area contributed by atoms with Crippen LogP contribution in [-0.4, -0.2) is 47.4 Å². The van der Waals surface area contributed by atoms with Crippen LogP contribution < -0.4 is 10.2 Å². The second kappa shape index (κ2) is 29.1. The van der Waals surface area contributed by atoms with Gasteiger partial charge in [0.15, 0.2) is 0 Å². The molecule has 0 aliphatic carbocycles. The van der Waals surface area contributed by atoms with Crippen LogP contribution >= 0.6 is 11.8 Å². The Morgan fingerprint density at radius 3 is 1.32 bits per heavy atom. The zero-order valence-electron chi connectivity index (χ0n) is 14.4. The fraction of sp³-hybridized carbons (Fsp3) is 0.750. The van der Waals surface area contributed by atoms with E-state index in [9.17, 15) is 19.8 Å². The summed E-state index contributed by atoms with van der Waals surface area (Å²) < 4.78 is 0. The number of unbranched alkanes of at least 4 members (excludes halogenated alkanes) is 4. The summed E-state index contributed by atoms with van der Waals surface area (Å²) >= 11 is 1.27. The molecule has 0 aromatic carbocycles. The summed E-state index contributed by atoms with van der Waals surface area (Å²) in [5, 5.41) is 19.7. The van der Waals surface area contributed by atoms with Gasteiger partial charge in [-0.1, -0.05) is 53.4 Å². The van der Waals surface area contributed by atoms with Crippen molar-refractivity contribution in [2.24, 2.45) is 0 Å². The van der Waals surface area contributed by atoms with Crippen LogP contribution in [0.1, 0.15) is 66.2 Å². The van der Waals surface area contributed by atoms with Gasteiger partial charge in [-0.2, -0.15) is 11.8 Å². The van der Waals surface area contributed by atoms with Gasteiger partial charge in [0.05, 0.1) is 0 Å². The van der Waals surface area contributed by atoms with Crippen LogP contribution in [-0.2, 0) is 9.59 Å². The van der Waals surface area contributed by atoms with Crippen molar-refractivity contribution in [3.8, 4) is 0 Å². The molecular weight excluding hydrogens is 407 g/mol. The van der Waals surface area contributed by atoms with E-state index >= 15 is 0 Å². The van der Waals surface area contributed by atoms with Crippen LogP contribution in [0.4, 0.5) is 0 Å². The van der Waals surface area contributed by atoms with Crippen LogP contribution in [0.15, 0.2) is 0 Å². The first-order valence-corrected chi connectivity index (χ1v) is 8.64. The molecule has 128 valence electrons. The molecule has 0 rings (SSSR count). The van der Waals surface area contributed by atoms with Crippen molar-refractivity contribution in [1.29, 1.82) is 0 Å². The maximum Gasteiger partial charge on any atom is 2.00 e. The number of carbonyl (C=O) groups is 2. The first-order chi connectivity index (χ1) is 9.95. The first kappa shape index (κ1) is 30.0. The quantitative estimate of drug-likeness (QED) is 0.384. The normalized spacial score (nSPS) is 8.55. The number of carbonyl (C=O) groups excluding carboxylic acids is 2. The zero-order valence-corrected chi connectivity index (χ0v) is 18.0. The molecule has 22 heavy (non-hydrogen) atoms. The molecule has 0 heterocycles. The maximum atomic E-state index is 9.84. The Morgan fingerprint density at radius 2 is 1.18 bits per heavy atom. The van der Waals surface area contributed by atoms with Crippen molar-refractivity contribution in [2.75, 3.05) is 11.5 Å². The number of rotatable bonds is 10. The van der Waals surface area contributed by atoms with E-state index in [-0.39, 0.29) is 36.7 Å². The van der Waals surface area contributed by atoms with E-state index in [0.29, 0.717) is 11.5 Å². The standard InChI is InChI=1S/C6H10O4S.2C5H11.Sn/c7-5(8)1-3-11-4-2-6(9)10;2*1-3-5-4-2;/h1-4H2,(H,7,8)(H,9,10);2*3H,4-5H2,1-2H3;/q;;;+2/p-2. The Morgan fingerprint density at radius 1 is 0.864 bits per heavy atom. The summed E-state index contributed by atoms with van der Waals surface area (Å²) in [6.45, 7) is 8.53. The van der Waals surface area contributed by atoms with Gasteiger partial charge in [0.25, 0.3) is 0 Å². The van der Waals surface area contributed by atoms with E-state index in [4.69, 9.17) is 0 Å². The minimum Gasteiger partial charge on any atom is -0.550 e. The molecule has 0 spiro atoms. The van der Waals surface area contributed by atoms with Crippen LogP contribution in [0.5, 0.6) is 0 Å². The van der Waals surface area contributed by atoms with E-state index in [1.165, 1.54) is 37.4 Å². The van der Waals surface area contributed by atoms with Gasteiger partial charge in [0.1, 0.15) is 0 Å². The average molecular weight is 437 g/mol. The predicted molar refractivity (Wildman–Crippen MR) is 92.1 cm³/mol. The molecule has 0 atom stereocenters. The number of carboxylic acids is 2. The van der Waals surface area contributed by atoms with Crippen molar-refractivity contribution < 1.29 is 19.8 Å². The van der Waals surface area contributed by atoms with Gasteiger partial charge in [-0.3, -0.25) is 0 Å². The average Bonchev–Trinajstić information content (AvgIpc) is 2.41. The Labute approximate surface area is 157 Å². The van der Waals surface area contributed by atoms with Gasteiger partial charge < -0.3 is 19.8 Å². The smallest absolute Gasteiger partial charge is 0.550 e. The molecular formula is C16H30O4SSn. The number of hydrogen-bond donors (Lipinski definition) is 0. The fourth-order valence-electron chi connectivity index (χ4n) is 0.990. The van der Waals surface area contributed by atoms with E-state index in [2.05, 4.69) is 40.5 Å². The molecule has 0 unspecified atom stereocenters. The number of carboxylic acid groups (broad SMARTS) is 2. The van der Waals surface area contributed by atoms with Crippen LogP contribution in [0, 0.1) is 12.8 Å². The summed E-state index contributed by atoms with van der Waals surface area (Å²) in [6, 6.07) is 0. The molecule has 0 aliphatic heterocycles. The van der Waals surface area contributed by atoms with Crippen molar-refractivity contribution >= 4 is 47.6 Å². The third-order valence-corrected chi connectivity index (χ3v) is 3.04. The van der Waals surface area contributed by atoms with Crippen LogP contribution in [0.25, 0.3) is 0 Å². The molecule has 0 N–H and O–H groups in total. The molecule has 4 nitrogen and oxygen atoms in total. The molecule has 6 heteroatoms. The van der Waals surface area contributed by atoms with Gasteiger partial charge >= 0.3 is 23.9 Å². The van der Waals surface area contributed by atoms with E-state index < -0.39 is 11.9 Å². The topological polar surface area (TPSA) is 80.3 Å². The zero-order chi connectivity index (χ0) is 16.9. The molecule has 0 amide bonds. The Bertz CT molecular complexity index is 200. The fourth-order valence-corrected chi connectivity index (χ4v) is 1.82. The summed E-state index contributed by atoms with van der Waals surface area (Å²) in [6.07, 6.45) is 9.41. The SMILES string of the molecule is C[CH]CCC.C[CH]CCC.O=C([O-])CCSCCC(=O)[O-].[Sn+2]. The monoisotopic (exact) mass is 438 g/mol. The van der Waals surface area contributed by atoms with Gasteiger partial charge in [-0.25, -0.2) is 0 Å². The van der Waals surface area contributed by atoms with Crippen molar-refractivity contribution in [3.63, 3.8) is 0 Å². The molecule has 0 fully saturated rings. The summed E-state index contributed by atoms with van der Waals surface area (Å²) in [4.78, 5) is 19.7. The minimum absolute atomic E-state index is 0. The van der Waals surface area contributed by atoms with Gasteiger partial charge in [-0.15, -0.1) is 0 Å². The second-order valence-electron chi connectivity index (χ2n) is 4.25.